The van der Waals surface area contributed by atoms with Gasteiger partial charge in [-0.1, -0.05) is 19.1 Å². The molecule has 0 aliphatic heterocycles. The second kappa shape index (κ2) is 9.29. The van der Waals surface area contributed by atoms with Crippen molar-refractivity contribution in [2.75, 3.05) is 12.4 Å². The second-order valence-corrected chi connectivity index (χ2v) is 7.24. The van der Waals surface area contributed by atoms with Crippen molar-refractivity contribution in [2.24, 2.45) is 5.73 Å². The third-order valence-electron chi connectivity index (χ3n) is 3.82. The second-order valence-electron chi connectivity index (χ2n) is 5.61. The smallest absolute Gasteiger partial charge is 0.251 e. The summed E-state index contributed by atoms with van der Waals surface area (Å²) in [5, 5.41) is 6.10. The summed E-state index contributed by atoms with van der Waals surface area (Å²) in [5.41, 5.74) is 7.65. The van der Waals surface area contributed by atoms with E-state index in [1.165, 1.54) is 17.4 Å². The van der Waals surface area contributed by atoms with E-state index < -0.39 is 5.91 Å². The fourth-order valence-corrected chi connectivity index (χ4v) is 3.95. The first kappa shape index (κ1) is 20.6. The van der Waals surface area contributed by atoms with Gasteiger partial charge in [-0.05, 0) is 54.9 Å². The summed E-state index contributed by atoms with van der Waals surface area (Å²) >= 11 is 6.55. The molecule has 0 aliphatic carbocycles. The number of aryl methyl sites for hydroxylation is 1. The quantitative estimate of drug-likeness (QED) is 0.508. The molecule has 0 saturated carbocycles. The molecule has 0 bridgehead atoms. The van der Waals surface area contributed by atoms with Gasteiger partial charge in [-0.2, -0.15) is 0 Å². The van der Waals surface area contributed by atoms with Gasteiger partial charge < -0.3 is 15.8 Å². The molecule has 1 aromatic carbocycles. The molecule has 4 N–H and O–H groups in total. The normalized spacial score (nSPS) is 10.6. The van der Waals surface area contributed by atoms with Crippen LogP contribution >= 0.6 is 23.6 Å². The number of rotatable bonds is 6. The number of ether oxygens (including phenoxy) is 1. The Hall–Kier alpha value is -2.71. The molecule has 2 rings (SSSR count). The van der Waals surface area contributed by atoms with E-state index in [4.69, 9.17) is 22.7 Å². The zero-order valence-corrected chi connectivity index (χ0v) is 16.9. The zero-order valence-electron chi connectivity index (χ0n) is 15.3. The first-order chi connectivity index (χ1) is 12.8. The molecule has 1 aromatic heterocycles. The lowest BCUT2D eigenvalue weighted by atomic mass is 10.1. The Kier molecular flexibility index (Phi) is 7.09. The minimum absolute atomic E-state index is 0.103. The van der Waals surface area contributed by atoms with Crippen molar-refractivity contribution in [3.63, 3.8) is 0 Å². The standard InChI is InChI=1S/C19H21N3O3S2/c1-4-14-11(2)27-18(16(14)17(20)24)22-19(26)21-15(23)10-7-12-5-8-13(25-3)9-6-12/h5-10H,4H2,1-3H3,(H2,20,24)(H2,21,22,23,26)/b10-7+. The number of methoxy groups -OCH3 is 1. The maximum atomic E-state index is 12.0. The maximum Gasteiger partial charge on any atom is 0.251 e. The van der Waals surface area contributed by atoms with Crippen LogP contribution in [0.3, 0.4) is 0 Å². The number of amides is 2. The van der Waals surface area contributed by atoms with Gasteiger partial charge in [-0.15, -0.1) is 11.3 Å². The summed E-state index contributed by atoms with van der Waals surface area (Å²) in [5.74, 6) is -0.162. The molecule has 0 unspecified atom stereocenters. The Bertz CT molecular complexity index is 886. The van der Waals surface area contributed by atoms with Crippen molar-refractivity contribution < 1.29 is 14.3 Å². The average Bonchev–Trinajstić information content (AvgIpc) is 2.95. The van der Waals surface area contributed by atoms with Gasteiger partial charge in [0.1, 0.15) is 10.8 Å². The van der Waals surface area contributed by atoms with Crippen LogP contribution < -0.4 is 21.1 Å². The molecule has 142 valence electrons. The highest BCUT2D eigenvalue weighted by Gasteiger charge is 2.19. The van der Waals surface area contributed by atoms with Crippen LogP contribution in [-0.4, -0.2) is 24.0 Å². The molecule has 8 heteroatoms. The van der Waals surface area contributed by atoms with Gasteiger partial charge in [-0.25, -0.2) is 0 Å². The van der Waals surface area contributed by atoms with Crippen molar-refractivity contribution in [3.8, 4) is 5.75 Å². The van der Waals surface area contributed by atoms with Gasteiger partial charge in [0.2, 0.25) is 5.91 Å². The van der Waals surface area contributed by atoms with E-state index >= 15 is 0 Å². The van der Waals surface area contributed by atoms with Crippen molar-refractivity contribution in [1.29, 1.82) is 0 Å². The van der Waals surface area contributed by atoms with E-state index in [1.807, 2.05) is 26.0 Å². The van der Waals surface area contributed by atoms with Gasteiger partial charge in [0.05, 0.1) is 12.7 Å². The Labute approximate surface area is 167 Å². The lowest BCUT2D eigenvalue weighted by Crippen LogP contribution is -2.33. The predicted octanol–water partition coefficient (Wildman–Crippen LogP) is 3.25. The van der Waals surface area contributed by atoms with Gasteiger partial charge in [0.15, 0.2) is 5.11 Å². The Morgan fingerprint density at radius 3 is 2.52 bits per heavy atom. The summed E-state index contributed by atoms with van der Waals surface area (Å²) in [7, 11) is 1.59. The molecule has 6 nitrogen and oxygen atoms in total. The fraction of sp³-hybridized carbons (Fsp3) is 0.211. The monoisotopic (exact) mass is 403 g/mol. The lowest BCUT2D eigenvalue weighted by Gasteiger charge is -2.08. The van der Waals surface area contributed by atoms with Crippen molar-refractivity contribution in [2.45, 2.75) is 20.3 Å². The molecule has 27 heavy (non-hydrogen) atoms. The van der Waals surface area contributed by atoms with Crippen molar-refractivity contribution >= 4 is 51.6 Å². The summed E-state index contributed by atoms with van der Waals surface area (Å²) in [4.78, 5) is 24.8. The number of carbonyl (C=O) groups is 2. The molecule has 2 amide bonds. The number of hydrogen-bond acceptors (Lipinski definition) is 5. The summed E-state index contributed by atoms with van der Waals surface area (Å²) in [6.07, 6.45) is 3.73. The average molecular weight is 404 g/mol. The molecule has 0 fully saturated rings. The van der Waals surface area contributed by atoms with Crippen molar-refractivity contribution in [1.82, 2.24) is 5.32 Å². The molecule has 0 saturated heterocycles. The fourth-order valence-electron chi connectivity index (χ4n) is 2.53. The highest BCUT2D eigenvalue weighted by Crippen LogP contribution is 2.33. The Morgan fingerprint density at radius 1 is 1.30 bits per heavy atom. The lowest BCUT2D eigenvalue weighted by molar-refractivity contribution is -0.115. The van der Waals surface area contributed by atoms with E-state index in [2.05, 4.69) is 10.6 Å². The Balaban J connectivity index is 2.02. The number of primary amides is 1. The van der Waals surface area contributed by atoms with Crippen LogP contribution in [0.1, 0.15) is 33.3 Å². The van der Waals surface area contributed by atoms with E-state index in [9.17, 15) is 9.59 Å². The van der Waals surface area contributed by atoms with Gasteiger partial charge in [0.25, 0.3) is 5.91 Å². The Morgan fingerprint density at radius 2 is 1.96 bits per heavy atom. The number of nitrogens with two attached hydrogens (primary N) is 1. The highest BCUT2D eigenvalue weighted by molar-refractivity contribution is 7.80. The van der Waals surface area contributed by atoms with Crippen LogP contribution in [0.4, 0.5) is 5.00 Å². The number of anilines is 1. The minimum Gasteiger partial charge on any atom is -0.497 e. The van der Waals surface area contributed by atoms with Crippen LogP contribution in [0.5, 0.6) is 5.75 Å². The van der Waals surface area contributed by atoms with E-state index in [-0.39, 0.29) is 11.0 Å². The van der Waals surface area contributed by atoms with Gasteiger partial charge in [-0.3, -0.25) is 14.9 Å². The number of thiocarbonyl (C=S) groups is 1. The molecule has 0 radical (unpaired) electrons. The number of carbonyl (C=O) groups excluding carboxylic acids is 2. The van der Waals surface area contributed by atoms with Crippen LogP contribution in [-0.2, 0) is 11.2 Å². The first-order valence-corrected chi connectivity index (χ1v) is 9.44. The topological polar surface area (TPSA) is 93.4 Å². The molecule has 0 aliphatic rings. The van der Waals surface area contributed by atoms with Crippen molar-refractivity contribution in [3.05, 3.63) is 51.9 Å². The largest absolute Gasteiger partial charge is 0.497 e. The predicted molar refractivity (Wildman–Crippen MR) is 113 cm³/mol. The molecule has 1 heterocycles. The summed E-state index contributed by atoms with van der Waals surface area (Å²) in [6, 6.07) is 7.27. The summed E-state index contributed by atoms with van der Waals surface area (Å²) in [6.45, 7) is 3.87. The summed E-state index contributed by atoms with van der Waals surface area (Å²) < 4.78 is 5.09. The number of nitrogens with one attached hydrogen (secondary N) is 2. The number of thiophene rings is 1. The van der Waals surface area contributed by atoms with E-state index in [0.717, 1.165) is 21.8 Å². The number of hydrogen-bond donors (Lipinski definition) is 3. The maximum absolute atomic E-state index is 12.0. The van der Waals surface area contributed by atoms with Crippen LogP contribution in [0.2, 0.25) is 0 Å². The SMILES string of the molecule is CCc1c(C)sc(NC(=S)NC(=O)/C=C/c2ccc(OC)cc2)c1C(N)=O. The molecule has 2 aromatic rings. The van der Waals surface area contributed by atoms with Gasteiger partial charge >= 0.3 is 0 Å². The number of benzene rings is 1. The van der Waals surface area contributed by atoms with E-state index in [0.29, 0.717) is 17.0 Å². The van der Waals surface area contributed by atoms with Crippen LogP contribution in [0.25, 0.3) is 6.08 Å². The van der Waals surface area contributed by atoms with Gasteiger partial charge in [0, 0.05) is 11.0 Å². The molecular weight excluding hydrogens is 382 g/mol. The van der Waals surface area contributed by atoms with Crippen LogP contribution in [0, 0.1) is 6.92 Å². The third-order valence-corrected chi connectivity index (χ3v) is 5.08. The highest BCUT2D eigenvalue weighted by atomic mass is 32.1. The molecular formula is C19H21N3O3S2. The third kappa shape index (κ3) is 5.38. The molecule has 0 spiro atoms. The molecule has 0 atom stereocenters. The van der Waals surface area contributed by atoms with Crippen LogP contribution in [0.15, 0.2) is 30.3 Å². The zero-order chi connectivity index (χ0) is 20.0. The van der Waals surface area contributed by atoms with E-state index in [1.54, 1.807) is 25.3 Å². The minimum atomic E-state index is -0.521. The first-order valence-electron chi connectivity index (χ1n) is 8.21.